The van der Waals surface area contributed by atoms with Gasteiger partial charge in [-0.25, -0.2) is 0 Å². The number of hydrogen-bond acceptors (Lipinski definition) is 3. The van der Waals surface area contributed by atoms with Gasteiger partial charge in [-0.1, -0.05) is 11.6 Å². The van der Waals surface area contributed by atoms with Crippen molar-refractivity contribution in [3.8, 4) is 5.75 Å². The van der Waals surface area contributed by atoms with Crippen LogP contribution >= 0.6 is 11.6 Å². The van der Waals surface area contributed by atoms with Crippen LogP contribution in [0.1, 0.15) is 12.0 Å². The molecule has 0 aliphatic heterocycles. The monoisotopic (exact) mass is 271 g/mol. The van der Waals surface area contributed by atoms with Crippen LogP contribution in [-0.2, 0) is 9.53 Å². The van der Waals surface area contributed by atoms with E-state index >= 15 is 0 Å². The van der Waals surface area contributed by atoms with Gasteiger partial charge in [-0.3, -0.25) is 4.79 Å². The van der Waals surface area contributed by atoms with Gasteiger partial charge in [0, 0.05) is 25.3 Å². The van der Waals surface area contributed by atoms with Crippen molar-refractivity contribution in [2.75, 3.05) is 26.9 Å². The van der Waals surface area contributed by atoms with Gasteiger partial charge in [0.15, 0.2) is 6.61 Å². The van der Waals surface area contributed by atoms with Crippen molar-refractivity contribution in [2.45, 2.75) is 13.3 Å². The van der Waals surface area contributed by atoms with Crippen molar-refractivity contribution in [1.29, 1.82) is 0 Å². The maximum Gasteiger partial charge on any atom is 0.257 e. The third-order valence-electron chi connectivity index (χ3n) is 2.34. The third kappa shape index (κ3) is 5.38. The number of hydrogen-bond donors (Lipinski definition) is 1. The fourth-order valence-electron chi connectivity index (χ4n) is 1.41. The topological polar surface area (TPSA) is 47.6 Å². The van der Waals surface area contributed by atoms with Gasteiger partial charge in [0.05, 0.1) is 0 Å². The summed E-state index contributed by atoms with van der Waals surface area (Å²) in [6.45, 7) is 3.13. The van der Waals surface area contributed by atoms with Crippen molar-refractivity contribution < 1.29 is 14.3 Å². The van der Waals surface area contributed by atoms with Crippen LogP contribution in [0.25, 0.3) is 0 Å². The molecule has 0 aliphatic rings. The molecule has 4 nitrogen and oxygen atoms in total. The highest BCUT2D eigenvalue weighted by atomic mass is 35.5. The lowest BCUT2D eigenvalue weighted by Crippen LogP contribution is -2.30. The molecule has 100 valence electrons. The van der Waals surface area contributed by atoms with Crippen LogP contribution in [0.5, 0.6) is 5.75 Å². The zero-order chi connectivity index (χ0) is 13.4. The molecule has 18 heavy (non-hydrogen) atoms. The molecule has 1 amide bonds. The second kappa shape index (κ2) is 7.95. The molecular weight excluding hydrogens is 254 g/mol. The highest BCUT2D eigenvalue weighted by Gasteiger charge is 2.04. The summed E-state index contributed by atoms with van der Waals surface area (Å²) in [5.41, 5.74) is 0.912. The molecule has 0 fully saturated rings. The molecule has 0 heterocycles. The van der Waals surface area contributed by atoms with Gasteiger partial charge in [-0.15, -0.1) is 0 Å². The SMILES string of the molecule is COCCCNC(=O)COc1ccc(Cl)cc1C. The molecule has 0 atom stereocenters. The number of halogens is 1. The van der Waals surface area contributed by atoms with E-state index in [9.17, 15) is 4.79 Å². The molecule has 0 radical (unpaired) electrons. The number of aryl methyl sites for hydroxylation is 1. The number of carbonyl (C=O) groups excluding carboxylic acids is 1. The predicted molar refractivity (Wildman–Crippen MR) is 71.2 cm³/mol. The Morgan fingerprint density at radius 3 is 2.89 bits per heavy atom. The Kier molecular flexibility index (Phi) is 6.54. The molecule has 0 saturated carbocycles. The maximum absolute atomic E-state index is 11.5. The van der Waals surface area contributed by atoms with Gasteiger partial charge in [0.25, 0.3) is 5.91 Å². The molecular formula is C13H18ClNO3. The van der Waals surface area contributed by atoms with E-state index in [0.29, 0.717) is 23.9 Å². The van der Waals surface area contributed by atoms with Crippen LogP contribution in [0.2, 0.25) is 5.02 Å². The van der Waals surface area contributed by atoms with Crippen LogP contribution < -0.4 is 10.1 Å². The molecule has 0 saturated heterocycles. The Hall–Kier alpha value is -1.26. The fraction of sp³-hybridized carbons (Fsp3) is 0.462. The first kappa shape index (κ1) is 14.8. The van der Waals surface area contributed by atoms with Crippen LogP contribution in [0.3, 0.4) is 0 Å². The lowest BCUT2D eigenvalue weighted by Gasteiger charge is -2.09. The lowest BCUT2D eigenvalue weighted by molar-refractivity contribution is -0.123. The lowest BCUT2D eigenvalue weighted by atomic mass is 10.2. The summed E-state index contributed by atoms with van der Waals surface area (Å²) in [7, 11) is 1.63. The minimum Gasteiger partial charge on any atom is -0.484 e. The van der Waals surface area contributed by atoms with Gasteiger partial charge >= 0.3 is 0 Å². The van der Waals surface area contributed by atoms with Crippen LogP contribution in [0.15, 0.2) is 18.2 Å². The Morgan fingerprint density at radius 1 is 1.44 bits per heavy atom. The van der Waals surface area contributed by atoms with Gasteiger partial charge in [0.1, 0.15) is 5.75 Å². The van der Waals surface area contributed by atoms with Crippen molar-refractivity contribution in [2.24, 2.45) is 0 Å². The third-order valence-corrected chi connectivity index (χ3v) is 2.58. The summed E-state index contributed by atoms with van der Waals surface area (Å²) < 4.78 is 10.3. The van der Waals surface area contributed by atoms with E-state index in [1.165, 1.54) is 0 Å². The van der Waals surface area contributed by atoms with Crippen LogP contribution in [0.4, 0.5) is 0 Å². The maximum atomic E-state index is 11.5. The second-order valence-electron chi connectivity index (χ2n) is 3.89. The van der Waals surface area contributed by atoms with Crippen molar-refractivity contribution in [3.05, 3.63) is 28.8 Å². The minimum atomic E-state index is -0.138. The average molecular weight is 272 g/mol. The minimum absolute atomic E-state index is 0.00938. The van der Waals surface area contributed by atoms with E-state index in [0.717, 1.165) is 12.0 Å². The Morgan fingerprint density at radius 2 is 2.22 bits per heavy atom. The van der Waals surface area contributed by atoms with E-state index in [4.69, 9.17) is 21.1 Å². The van der Waals surface area contributed by atoms with Gasteiger partial charge < -0.3 is 14.8 Å². The Labute approximate surface area is 112 Å². The number of methoxy groups -OCH3 is 1. The normalized spacial score (nSPS) is 10.2. The first-order chi connectivity index (χ1) is 8.63. The summed E-state index contributed by atoms with van der Waals surface area (Å²) in [6.07, 6.45) is 0.794. The van der Waals surface area contributed by atoms with E-state index in [-0.39, 0.29) is 12.5 Å². The van der Waals surface area contributed by atoms with E-state index in [2.05, 4.69) is 5.32 Å². The van der Waals surface area contributed by atoms with Crippen molar-refractivity contribution in [3.63, 3.8) is 0 Å². The molecule has 0 spiro atoms. The van der Waals surface area contributed by atoms with Gasteiger partial charge in [0.2, 0.25) is 0 Å². The highest BCUT2D eigenvalue weighted by Crippen LogP contribution is 2.21. The number of benzene rings is 1. The number of rotatable bonds is 7. The van der Waals surface area contributed by atoms with Gasteiger partial charge in [-0.2, -0.15) is 0 Å². The standard InChI is InChI=1S/C13H18ClNO3/c1-10-8-11(14)4-5-12(10)18-9-13(16)15-6-3-7-17-2/h4-5,8H,3,6-7,9H2,1-2H3,(H,15,16). The molecule has 0 unspecified atom stereocenters. The predicted octanol–water partition coefficient (Wildman–Crippen LogP) is 2.18. The van der Waals surface area contributed by atoms with E-state index in [1.54, 1.807) is 25.3 Å². The first-order valence-corrected chi connectivity index (χ1v) is 6.16. The summed E-state index contributed by atoms with van der Waals surface area (Å²) in [4.78, 5) is 11.5. The molecule has 1 aromatic rings. The smallest absolute Gasteiger partial charge is 0.257 e. The molecule has 0 aliphatic carbocycles. The molecule has 1 rings (SSSR count). The molecule has 0 aromatic heterocycles. The highest BCUT2D eigenvalue weighted by molar-refractivity contribution is 6.30. The summed E-state index contributed by atoms with van der Waals surface area (Å²) in [6, 6.07) is 5.30. The van der Waals surface area contributed by atoms with Gasteiger partial charge in [-0.05, 0) is 37.1 Å². The zero-order valence-corrected chi connectivity index (χ0v) is 11.4. The fourth-order valence-corrected chi connectivity index (χ4v) is 1.64. The largest absolute Gasteiger partial charge is 0.484 e. The average Bonchev–Trinajstić information content (AvgIpc) is 2.33. The van der Waals surface area contributed by atoms with Crippen LogP contribution in [0, 0.1) is 6.92 Å². The number of amides is 1. The summed E-state index contributed by atoms with van der Waals surface area (Å²) >= 11 is 5.83. The quantitative estimate of drug-likeness (QED) is 0.774. The molecule has 5 heteroatoms. The van der Waals surface area contributed by atoms with E-state index < -0.39 is 0 Å². The number of carbonyl (C=O) groups is 1. The van der Waals surface area contributed by atoms with Crippen molar-refractivity contribution in [1.82, 2.24) is 5.32 Å². The molecule has 0 bridgehead atoms. The van der Waals surface area contributed by atoms with E-state index in [1.807, 2.05) is 6.92 Å². The molecule has 1 N–H and O–H groups in total. The van der Waals surface area contributed by atoms with Crippen LogP contribution in [-0.4, -0.2) is 32.8 Å². The Balaban J connectivity index is 2.29. The van der Waals surface area contributed by atoms with Crippen molar-refractivity contribution >= 4 is 17.5 Å². The Bertz CT molecular complexity index is 396. The summed E-state index contributed by atoms with van der Waals surface area (Å²) in [5, 5.41) is 3.40. The second-order valence-corrected chi connectivity index (χ2v) is 4.33. The summed E-state index contributed by atoms with van der Waals surface area (Å²) in [5.74, 6) is 0.534. The number of ether oxygens (including phenoxy) is 2. The zero-order valence-electron chi connectivity index (χ0n) is 10.7. The molecule has 1 aromatic carbocycles. The number of nitrogens with one attached hydrogen (secondary N) is 1. The first-order valence-electron chi connectivity index (χ1n) is 5.78.